The summed E-state index contributed by atoms with van der Waals surface area (Å²) in [5.74, 6) is -1.06. The molecule has 0 bridgehead atoms. The Morgan fingerprint density at radius 1 is 0.860 bits per heavy atom. The molecular formula is C33H36N2O6S2. The Labute approximate surface area is 260 Å². The topological polar surface area (TPSA) is 100 Å². The number of rotatable bonds is 11. The van der Waals surface area contributed by atoms with Gasteiger partial charge in [0.05, 0.1) is 35.6 Å². The maximum atomic E-state index is 13.6. The molecule has 1 atom stereocenters. The zero-order valence-corrected chi connectivity index (χ0v) is 27.0. The first-order valence-electron chi connectivity index (χ1n) is 14.2. The van der Waals surface area contributed by atoms with Gasteiger partial charge in [0.1, 0.15) is 11.0 Å². The van der Waals surface area contributed by atoms with E-state index in [1.807, 2.05) is 84.2 Å². The third-order valence-electron chi connectivity index (χ3n) is 6.72. The monoisotopic (exact) mass is 620 g/mol. The molecule has 0 aliphatic carbocycles. The molecule has 0 saturated heterocycles. The van der Waals surface area contributed by atoms with Gasteiger partial charge < -0.3 is 24.1 Å². The second-order valence-electron chi connectivity index (χ2n) is 11.2. The molecule has 1 aliphatic rings. The zero-order chi connectivity index (χ0) is 30.9. The van der Waals surface area contributed by atoms with Crippen molar-refractivity contribution < 1.29 is 28.8 Å². The van der Waals surface area contributed by atoms with Crippen LogP contribution >= 0.6 is 23.5 Å². The van der Waals surface area contributed by atoms with Gasteiger partial charge >= 0.3 is 5.97 Å². The summed E-state index contributed by atoms with van der Waals surface area (Å²) in [6.45, 7) is 11.7. The van der Waals surface area contributed by atoms with Crippen LogP contribution in [0.25, 0.3) is 16.6 Å². The van der Waals surface area contributed by atoms with Crippen molar-refractivity contribution in [2.75, 3.05) is 6.26 Å². The Hall–Kier alpha value is -3.60. The van der Waals surface area contributed by atoms with E-state index in [-0.39, 0.29) is 30.3 Å². The number of carbonyl (C=O) groups is 1. The lowest BCUT2D eigenvalue weighted by Gasteiger charge is -2.27. The fraction of sp³-hybridized carbons (Fsp3) is 0.364. The maximum Gasteiger partial charge on any atom is 0.342 e. The number of hydrogen-bond acceptors (Lipinski definition) is 10. The van der Waals surface area contributed by atoms with E-state index in [0.29, 0.717) is 39.5 Å². The molecule has 0 spiro atoms. The van der Waals surface area contributed by atoms with Gasteiger partial charge in [0.2, 0.25) is 5.75 Å². The Morgan fingerprint density at radius 2 is 1.47 bits per heavy atom. The number of ether oxygens (including phenoxy) is 4. The van der Waals surface area contributed by atoms with Crippen molar-refractivity contribution in [1.29, 1.82) is 0 Å². The summed E-state index contributed by atoms with van der Waals surface area (Å²) >= 11 is 2.69. The molecule has 43 heavy (non-hydrogen) atoms. The minimum absolute atomic E-state index is 0.116. The lowest BCUT2D eigenvalue weighted by molar-refractivity contribution is -0.185. The Kier molecular flexibility index (Phi) is 9.01. The van der Waals surface area contributed by atoms with E-state index in [0.717, 1.165) is 27.7 Å². The molecule has 0 fully saturated rings. The van der Waals surface area contributed by atoms with Crippen LogP contribution < -0.4 is 14.2 Å². The van der Waals surface area contributed by atoms with Gasteiger partial charge in [-0.15, -0.1) is 11.8 Å². The summed E-state index contributed by atoms with van der Waals surface area (Å²) in [6.07, 6.45) is 1.77. The average molecular weight is 621 g/mol. The standard InChI is InChI=1S/C33H36N2O6S2/c1-18(2)38-28-15-21(16-29(39-19(3)4)31(28)40-20(5)6)14-25-30(22-8-13-26-27(17-22)35-43-34-26)32(36)41-33(25,37)23-9-11-24(42-7)12-10-23/h8-13,15-20,37H,14H2,1-7H3. The molecule has 0 saturated carbocycles. The minimum atomic E-state index is -2.00. The van der Waals surface area contributed by atoms with Gasteiger partial charge in [-0.3, -0.25) is 0 Å². The molecule has 2 heterocycles. The van der Waals surface area contributed by atoms with Crippen molar-refractivity contribution in [3.05, 3.63) is 76.9 Å². The number of thioether (sulfide) groups is 1. The second-order valence-corrected chi connectivity index (χ2v) is 12.6. The summed E-state index contributed by atoms with van der Waals surface area (Å²) in [7, 11) is 0. The van der Waals surface area contributed by atoms with Crippen LogP contribution in [-0.4, -0.2) is 44.4 Å². The smallest absolute Gasteiger partial charge is 0.342 e. The zero-order valence-electron chi connectivity index (χ0n) is 25.3. The van der Waals surface area contributed by atoms with Crippen molar-refractivity contribution in [3.63, 3.8) is 0 Å². The van der Waals surface area contributed by atoms with Gasteiger partial charge in [0.25, 0.3) is 5.79 Å². The van der Waals surface area contributed by atoms with E-state index >= 15 is 0 Å². The molecule has 1 unspecified atom stereocenters. The van der Waals surface area contributed by atoms with E-state index in [9.17, 15) is 9.90 Å². The van der Waals surface area contributed by atoms with Crippen LogP contribution in [0.2, 0.25) is 0 Å². The summed E-state index contributed by atoms with van der Waals surface area (Å²) in [4.78, 5) is 14.6. The highest BCUT2D eigenvalue weighted by Gasteiger charge is 2.48. The summed E-state index contributed by atoms with van der Waals surface area (Å²) in [6, 6.07) is 16.6. The highest BCUT2D eigenvalue weighted by Crippen LogP contribution is 2.47. The van der Waals surface area contributed by atoms with Crippen LogP contribution in [0.3, 0.4) is 0 Å². The van der Waals surface area contributed by atoms with Crippen LogP contribution in [0, 0.1) is 0 Å². The Balaban J connectivity index is 1.71. The number of hydrogen-bond donors (Lipinski definition) is 1. The molecule has 1 aliphatic heterocycles. The summed E-state index contributed by atoms with van der Waals surface area (Å²) < 4.78 is 33.1. The highest BCUT2D eigenvalue weighted by molar-refractivity contribution is 7.98. The van der Waals surface area contributed by atoms with Crippen molar-refractivity contribution in [3.8, 4) is 17.2 Å². The van der Waals surface area contributed by atoms with Crippen LogP contribution in [0.4, 0.5) is 0 Å². The van der Waals surface area contributed by atoms with E-state index in [2.05, 4.69) is 8.75 Å². The highest BCUT2D eigenvalue weighted by atomic mass is 32.2. The molecule has 8 nitrogen and oxygen atoms in total. The maximum absolute atomic E-state index is 13.6. The molecule has 0 radical (unpaired) electrons. The third kappa shape index (κ3) is 6.51. The van der Waals surface area contributed by atoms with E-state index < -0.39 is 11.8 Å². The number of carbonyl (C=O) groups excluding carboxylic acids is 1. The number of aliphatic hydroxyl groups is 1. The van der Waals surface area contributed by atoms with Crippen molar-refractivity contribution >= 4 is 46.1 Å². The number of benzene rings is 3. The van der Waals surface area contributed by atoms with Crippen LogP contribution in [0.5, 0.6) is 17.2 Å². The molecule has 1 N–H and O–H groups in total. The van der Waals surface area contributed by atoms with Gasteiger partial charge in [-0.1, -0.05) is 18.2 Å². The van der Waals surface area contributed by atoms with Gasteiger partial charge in [0.15, 0.2) is 11.5 Å². The van der Waals surface area contributed by atoms with Gasteiger partial charge in [-0.2, -0.15) is 8.75 Å². The summed E-state index contributed by atoms with van der Waals surface area (Å²) in [5.41, 5.74) is 3.89. The quantitative estimate of drug-likeness (QED) is 0.138. The van der Waals surface area contributed by atoms with E-state index in [1.165, 1.54) is 0 Å². The first-order chi connectivity index (χ1) is 20.5. The number of nitrogens with zero attached hydrogens (tertiary/aromatic N) is 2. The molecule has 10 heteroatoms. The van der Waals surface area contributed by atoms with Gasteiger partial charge in [-0.05, 0) is 95.3 Å². The number of esters is 1. The van der Waals surface area contributed by atoms with Crippen LogP contribution in [0.1, 0.15) is 58.2 Å². The fourth-order valence-electron chi connectivity index (χ4n) is 5.00. The van der Waals surface area contributed by atoms with Gasteiger partial charge in [0, 0.05) is 22.5 Å². The second kappa shape index (κ2) is 12.6. The first-order valence-corrected chi connectivity index (χ1v) is 16.2. The van der Waals surface area contributed by atoms with Crippen molar-refractivity contribution in [2.24, 2.45) is 0 Å². The molecule has 3 aromatic carbocycles. The number of cyclic esters (lactones) is 1. The van der Waals surface area contributed by atoms with Gasteiger partial charge in [-0.25, -0.2) is 4.79 Å². The van der Waals surface area contributed by atoms with E-state index in [4.69, 9.17) is 18.9 Å². The van der Waals surface area contributed by atoms with Crippen LogP contribution in [-0.2, 0) is 21.7 Å². The fourth-order valence-corrected chi connectivity index (χ4v) is 5.92. The molecule has 5 rings (SSSR count). The molecule has 4 aromatic rings. The van der Waals surface area contributed by atoms with Crippen molar-refractivity contribution in [2.45, 2.75) is 77.0 Å². The first kappa shape index (κ1) is 30.8. The normalized spacial score (nSPS) is 17.0. The number of aromatic nitrogens is 2. The lowest BCUT2D eigenvalue weighted by atomic mass is 9.88. The SMILES string of the molecule is CSc1ccc(C2(O)OC(=O)C(c3ccc4nsnc4c3)=C2Cc2cc(OC(C)C)c(OC(C)C)c(OC(C)C)c2)cc1. The number of fused-ring (bicyclic) bond motifs is 1. The lowest BCUT2D eigenvalue weighted by Crippen LogP contribution is -2.29. The molecule has 0 amide bonds. The average Bonchev–Trinajstić information content (AvgIpc) is 3.51. The molecule has 1 aromatic heterocycles. The van der Waals surface area contributed by atoms with E-state index in [1.54, 1.807) is 30.0 Å². The largest absolute Gasteiger partial charge is 0.487 e. The third-order valence-corrected chi connectivity index (χ3v) is 8.02. The predicted molar refractivity (Wildman–Crippen MR) is 170 cm³/mol. The Morgan fingerprint density at radius 3 is 2.05 bits per heavy atom. The van der Waals surface area contributed by atoms with Crippen molar-refractivity contribution in [1.82, 2.24) is 8.75 Å². The Bertz CT molecular complexity index is 1630. The summed E-state index contributed by atoms with van der Waals surface area (Å²) in [5, 5.41) is 12.2. The predicted octanol–water partition coefficient (Wildman–Crippen LogP) is 7.17. The van der Waals surface area contributed by atoms with Crippen LogP contribution in [0.15, 0.2) is 65.1 Å². The minimum Gasteiger partial charge on any atom is -0.487 e. The molecular weight excluding hydrogens is 585 g/mol. The molecule has 226 valence electrons.